The SMILES string of the molecule is COc1ccc([C@@]23C(=O)N(Nc4ccc(Cl)cc4Cl)C(=O)[C@@H]2C[C@@H]2C(=CC[C@@H]4C(=O)N(c5ccc(C=Cc6cc(OC)ccc6OC)cc5)C(=O)[C@@H]42)[C@@H]3c2ccc(O)cc2OC)cc1. The zero-order valence-electron chi connectivity index (χ0n) is 35.2. The number of hydrazine groups is 1. The number of methoxy groups -OCH3 is 4. The van der Waals surface area contributed by atoms with Crippen LogP contribution in [0.3, 0.4) is 0 Å². The molecule has 64 heavy (non-hydrogen) atoms. The molecule has 2 heterocycles. The van der Waals surface area contributed by atoms with E-state index in [4.69, 9.17) is 42.1 Å². The summed E-state index contributed by atoms with van der Waals surface area (Å²) in [4.78, 5) is 61.4. The predicted molar refractivity (Wildman–Crippen MR) is 243 cm³/mol. The fourth-order valence-corrected chi connectivity index (χ4v) is 10.7. The highest BCUT2D eigenvalue weighted by Crippen LogP contribution is 2.65. The molecule has 0 radical (unpaired) electrons. The van der Waals surface area contributed by atoms with Crippen LogP contribution in [0, 0.1) is 23.7 Å². The molecule has 4 amide bonds. The van der Waals surface area contributed by atoms with E-state index in [1.165, 1.54) is 37.3 Å². The molecule has 4 aliphatic rings. The number of allylic oxidation sites excluding steroid dienone is 2. The third-order valence-electron chi connectivity index (χ3n) is 13.2. The summed E-state index contributed by atoms with van der Waals surface area (Å²) in [6, 6.07) is 29.0. The number of aromatic hydroxyl groups is 1. The van der Waals surface area contributed by atoms with Crippen LogP contribution in [0.2, 0.25) is 10.0 Å². The number of carbonyl (C=O) groups excluding carboxylic acids is 4. The first-order chi connectivity index (χ1) is 30.9. The molecule has 5 aromatic carbocycles. The summed E-state index contributed by atoms with van der Waals surface area (Å²) < 4.78 is 22.3. The Morgan fingerprint density at radius 3 is 2.12 bits per heavy atom. The van der Waals surface area contributed by atoms with Crippen LogP contribution in [0.1, 0.15) is 41.0 Å². The number of amides is 4. The van der Waals surface area contributed by atoms with Crippen molar-refractivity contribution in [3.63, 3.8) is 0 Å². The van der Waals surface area contributed by atoms with Gasteiger partial charge in [0, 0.05) is 28.1 Å². The molecule has 1 saturated carbocycles. The van der Waals surface area contributed by atoms with Crippen LogP contribution >= 0.6 is 23.2 Å². The molecule has 2 aliphatic carbocycles. The average Bonchev–Trinajstić information content (AvgIpc) is 3.69. The topological polar surface area (TPSA) is 144 Å². The molecule has 9 rings (SSSR count). The van der Waals surface area contributed by atoms with E-state index in [-0.39, 0.29) is 46.9 Å². The Morgan fingerprint density at radius 1 is 0.719 bits per heavy atom. The number of phenolic OH excluding ortho intramolecular Hbond substituents is 1. The monoisotopic (exact) mass is 899 g/mol. The third kappa shape index (κ3) is 6.83. The van der Waals surface area contributed by atoms with Crippen molar-refractivity contribution in [2.75, 3.05) is 38.8 Å². The predicted octanol–water partition coefficient (Wildman–Crippen LogP) is 9.09. The van der Waals surface area contributed by atoms with Crippen LogP contribution < -0.4 is 29.3 Å². The average molecular weight is 901 g/mol. The van der Waals surface area contributed by atoms with E-state index < -0.39 is 46.8 Å². The molecular formula is C50H43Cl2N3O9. The van der Waals surface area contributed by atoms with Gasteiger partial charge in [0.25, 0.3) is 11.8 Å². The summed E-state index contributed by atoms with van der Waals surface area (Å²) in [5.74, 6) is -3.88. The van der Waals surface area contributed by atoms with E-state index in [0.29, 0.717) is 39.1 Å². The van der Waals surface area contributed by atoms with Crippen LogP contribution in [-0.4, -0.2) is 62.2 Å². The Hall–Kier alpha value is -6.76. The number of rotatable bonds is 11. The van der Waals surface area contributed by atoms with Gasteiger partial charge in [-0.2, -0.15) is 5.01 Å². The molecule has 6 atom stereocenters. The maximum atomic E-state index is 15.6. The van der Waals surface area contributed by atoms with Crippen LogP contribution in [0.4, 0.5) is 11.4 Å². The van der Waals surface area contributed by atoms with Gasteiger partial charge in [-0.15, -0.1) is 0 Å². The Morgan fingerprint density at radius 2 is 1.44 bits per heavy atom. The smallest absolute Gasteiger partial charge is 0.260 e. The maximum absolute atomic E-state index is 15.6. The number of nitrogens with zero attached hydrogens (tertiary/aromatic N) is 2. The van der Waals surface area contributed by atoms with Gasteiger partial charge in [0.2, 0.25) is 11.8 Å². The fourth-order valence-electron chi connectivity index (χ4n) is 10.3. The lowest BCUT2D eigenvalue weighted by Gasteiger charge is -2.50. The normalized spacial score (nSPS) is 23.7. The van der Waals surface area contributed by atoms with E-state index in [1.54, 1.807) is 68.8 Å². The number of imide groups is 2. The van der Waals surface area contributed by atoms with Crippen LogP contribution in [0.25, 0.3) is 12.2 Å². The molecule has 326 valence electrons. The van der Waals surface area contributed by atoms with E-state index in [2.05, 4.69) is 5.43 Å². The fraction of sp³-hybridized carbons (Fsp3) is 0.240. The highest BCUT2D eigenvalue weighted by Gasteiger charge is 2.70. The number of hydrogen-bond donors (Lipinski definition) is 2. The van der Waals surface area contributed by atoms with Crippen molar-refractivity contribution in [1.29, 1.82) is 0 Å². The lowest BCUT2D eigenvalue weighted by Crippen LogP contribution is -2.53. The molecule has 14 heteroatoms. The number of carbonyl (C=O) groups is 4. The van der Waals surface area contributed by atoms with Crippen LogP contribution in [-0.2, 0) is 24.6 Å². The Kier molecular flexibility index (Phi) is 11.1. The van der Waals surface area contributed by atoms with Gasteiger partial charge in [-0.25, -0.2) is 0 Å². The number of ether oxygens (including phenoxy) is 4. The number of halogens is 2. The molecule has 3 fully saturated rings. The minimum atomic E-state index is -1.61. The summed E-state index contributed by atoms with van der Waals surface area (Å²) in [5.41, 5.74) is 5.50. The van der Waals surface area contributed by atoms with Gasteiger partial charge in [-0.1, -0.05) is 77.3 Å². The van der Waals surface area contributed by atoms with Gasteiger partial charge in [-0.3, -0.25) is 29.5 Å². The standard InChI is InChI=1S/C50H43Cl2N3O9/c1-61-33-15-9-29(10-16-33)50-39(47(58)55(49(50)60)53-41-21-11-30(51)24-40(41)52)26-38-35(45(50)36-18-14-32(56)25-43(36)64-4)19-20-37-44(38)48(59)54(46(37)57)31-12-6-27(7-13-31)5-8-28-23-34(62-2)17-22-42(28)63-3/h5-19,21-25,37-39,44-45,53,56H,20,26H2,1-4H3/t37-,38+,39-,44-,45+,50+/m0/s1. The maximum Gasteiger partial charge on any atom is 0.260 e. The second kappa shape index (κ2) is 16.7. The minimum absolute atomic E-state index is 0.0658. The number of fused-ring (bicyclic) bond motifs is 4. The van der Waals surface area contributed by atoms with E-state index in [9.17, 15) is 14.7 Å². The Balaban J connectivity index is 1.13. The van der Waals surface area contributed by atoms with Crippen molar-refractivity contribution in [2.24, 2.45) is 23.7 Å². The quantitative estimate of drug-likeness (QED) is 0.0749. The van der Waals surface area contributed by atoms with Crippen molar-refractivity contribution >= 4 is 70.4 Å². The second-order valence-corrected chi connectivity index (χ2v) is 17.0. The number of nitrogens with one attached hydrogen (secondary N) is 1. The summed E-state index contributed by atoms with van der Waals surface area (Å²) in [6.07, 6.45) is 6.04. The first kappa shape index (κ1) is 42.5. The molecule has 5 aromatic rings. The van der Waals surface area contributed by atoms with Crippen molar-refractivity contribution in [3.8, 4) is 28.7 Å². The molecule has 0 unspecified atom stereocenters. The lowest BCUT2D eigenvalue weighted by atomic mass is 9.49. The van der Waals surface area contributed by atoms with Gasteiger partial charge < -0.3 is 24.1 Å². The van der Waals surface area contributed by atoms with E-state index >= 15 is 9.59 Å². The van der Waals surface area contributed by atoms with E-state index in [0.717, 1.165) is 21.7 Å². The molecule has 12 nitrogen and oxygen atoms in total. The van der Waals surface area contributed by atoms with Gasteiger partial charge in [0.15, 0.2) is 0 Å². The second-order valence-electron chi connectivity index (χ2n) is 16.2. The molecule has 0 bridgehead atoms. The van der Waals surface area contributed by atoms with E-state index in [1.807, 2.05) is 48.6 Å². The molecule has 0 spiro atoms. The lowest BCUT2D eigenvalue weighted by molar-refractivity contribution is -0.138. The van der Waals surface area contributed by atoms with Gasteiger partial charge >= 0.3 is 0 Å². The van der Waals surface area contributed by atoms with Crippen molar-refractivity contribution in [3.05, 3.63) is 147 Å². The van der Waals surface area contributed by atoms with Crippen molar-refractivity contribution in [2.45, 2.75) is 24.2 Å². The Bertz CT molecular complexity index is 2770. The van der Waals surface area contributed by atoms with Gasteiger partial charge in [0.05, 0.1) is 68.0 Å². The highest BCUT2D eigenvalue weighted by molar-refractivity contribution is 6.36. The zero-order valence-corrected chi connectivity index (χ0v) is 36.7. The minimum Gasteiger partial charge on any atom is -0.508 e. The number of hydrogen-bond acceptors (Lipinski definition) is 10. The van der Waals surface area contributed by atoms with Gasteiger partial charge in [0.1, 0.15) is 28.7 Å². The number of benzene rings is 5. The molecule has 2 N–H and O–H groups in total. The summed E-state index contributed by atoms with van der Waals surface area (Å²) in [6.45, 7) is 0. The van der Waals surface area contributed by atoms with Gasteiger partial charge in [-0.05, 0) is 96.6 Å². The van der Waals surface area contributed by atoms with Crippen molar-refractivity contribution < 1.29 is 43.2 Å². The molecule has 2 saturated heterocycles. The number of phenols is 1. The first-order valence-electron chi connectivity index (χ1n) is 20.6. The third-order valence-corrected chi connectivity index (χ3v) is 13.7. The van der Waals surface area contributed by atoms with Crippen molar-refractivity contribution in [1.82, 2.24) is 5.01 Å². The molecule has 2 aliphatic heterocycles. The highest BCUT2D eigenvalue weighted by atomic mass is 35.5. The summed E-state index contributed by atoms with van der Waals surface area (Å²) in [7, 11) is 6.20. The Labute approximate surface area is 379 Å². The zero-order chi connectivity index (χ0) is 45.0. The van der Waals surface area contributed by atoms with Crippen LogP contribution in [0.5, 0.6) is 28.7 Å². The first-order valence-corrected chi connectivity index (χ1v) is 21.4. The van der Waals surface area contributed by atoms with Crippen LogP contribution in [0.15, 0.2) is 115 Å². The largest absolute Gasteiger partial charge is 0.508 e. The number of anilines is 2. The molecular weight excluding hydrogens is 857 g/mol. The molecule has 0 aromatic heterocycles. The summed E-state index contributed by atoms with van der Waals surface area (Å²) in [5, 5.41) is 12.2. The summed E-state index contributed by atoms with van der Waals surface area (Å²) >= 11 is 12.8.